The van der Waals surface area contributed by atoms with Crippen LogP contribution in [0.25, 0.3) is 0 Å². The summed E-state index contributed by atoms with van der Waals surface area (Å²) in [6.45, 7) is 3.19. The van der Waals surface area contributed by atoms with E-state index in [1.165, 1.54) is 11.9 Å². The summed E-state index contributed by atoms with van der Waals surface area (Å²) in [5.74, 6) is 1.94. The Kier molecular flexibility index (Phi) is 6.28. The minimum Gasteiger partial charge on any atom is -0.497 e. The van der Waals surface area contributed by atoms with Crippen molar-refractivity contribution in [3.8, 4) is 11.5 Å². The third-order valence-corrected chi connectivity index (χ3v) is 5.82. The van der Waals surface area contributed by atoms with E-state index in [1.54, 1.807) is 43.3 Å². The van der Waals surface area contributed by atoms with Gasteiger partial charge >= 0.3 is 12.0 Å². The van der Waals surface area contributed by atoms with E-state index >= 15 is 0 Å². The Morgan fingerprint density at radius 1 is 1.16 bits per heavy atom. The molecule has 4 rings (SSSR count). The molecule has 11 heteroatoms. The molecule has 2 unspecified atom stereocenters. The topological polar surface area (TPSA) is 110 Å². The zero-order valence-corrected chi connectivity index (χ0v) is 18.5. The molecular formula is C21H29N6O5+. The molecule has 2 fully saturated rings. The van der Waals surface area contributed by atoms with Crippen molar-refractivity contribution in [3.63, 3.8) is 0 Å². The van der Waals surface area contributed by atoms with Crippen molar-refractivity contribution in [3.05, 3.63) is 24.3 Å². The molecule has 0 bridgehead atoms. The fraction of sp³-hybridized carbons (Fsp3) is 0.524. The number of rotatable bonds is 6. The monoisotopic (exact) mass is 445 g/mol. The smallest absolute Gasteiger partial charge is 0.392 e. The van der Waals surface area contributed by atoms with E-state index in [0.29, 0.717) is 23.3 Å². The van der Waals surface area contributed by atoms with Crippen molar-refractivity contribution >= 4 is 23.7 Å². The van der Waals surface area contributed by atoms with Gasteiger partial charge in [0.25, 0.3) is 5.91 Å². The van der Waals surface area contributed by atoms with Crippen molar-refractivity contribution in [1.29, 1.82) is 0 Å². The minimum absolute atomic E-state index is 0.0402. The van der Waals surface area contributed by atoms with Crippen LogP contribution >= 0.6 is 0 Å². The number of guanidine groups is 1. The Hall–Kier alpha value is -3.18. The Labute approximate surface area is 186 Å². The van der Waals surface area contributed by atoms with Crippen LogP contribution in [0.1, 0.15) is 0 Å². The van der Waals surface area contributed by atoms with Crippen LogP contribution in [0.3, 0.4) is 0 Å². The molecule has 0 spiro atoms. The number of nitrogens with one attached hydrogen (secondary N) is 1. The number of urea groups is 1. The van der Waals surface area contributed by atoms with Crippen molar-refractivity contribution in [1.82, 2.24) is 20.0 Å². The molecule has 3 aliphatic rings. The van der Waals surface area contributed by atoms with Gasteiger partial charge in [-0.2, -0.15) is 0 Å². The number of ether oxygens (including phenoxy) is 2. The molecule has 1 aromatic rings. The zero-order valence-electron chi connectivity index (χ0n) is 18.5. The molecule has 0 saturated carbocycles. The number of amides is 3. The Bertz CT molecular complexity index is 939. The largest absolute Gasteiger partial charge is 0.497 e. The van der Waals surface area contributed by atoms with Crippen LogP contribution in [0.2, 0.25) is 0 Å². The van der Waals surface area contributed by atoms with E-state index in [0.717, 1.165) is 31.1 Å². The lowest BCUT2D eigenvalue weighted by atomic mass is 10.1. The standard InChI is InChI=1S/C21H29N6O5/c1-24-18-17(19(29)25(2)21(24)30)27(20(23-18)26-10-8-22-9-11-26)12-14(28)13-32-16-6-4-15(31-3)5-7-16/h4-7,14,17,22,28H,8-13H2,1-3H3/q+1. The molecule has 3 amide bonds. The number of aliphatic imine (C=N–C) groups is 1. The number of benzene rings is 1. The minimum atomic E-state index is -0.884. The van der Waals surface area contributed by atoms with E-state index < -0.39 is 18.2 Å². The van der Waals surface area contributed by atoms with Crippen LogP contribution in [-0.2, 0) is 4.79 Å². The first-order chi connectivity index (χ1) is 15.4. The molecule has 3 aliphatic heterocycles. The number of amidine groups is 1. The maximum Gasteiger partial charge on any atom is 0.392 e. The molecule has 11 nitrogen and oxygen atoms in total. The van der Waals surface area contributed by atoms with Gasteiger partial charge in [0.2, 0.25) is 11.9 Å². The van der Waals surface area contributed by atoms with Crippen LogP contribution in [0.15, 0.2) is 29.3 Å². The Balaban J connectivity index is 1.54. The summed E-state index contributed by atoms with van der Waals surface area (Å²) in [6.07, 6.45) is -0.884. The van der Waals surface area contributed by atoms with Crippen LogP contribution < -0.4 is 14.8 Å². The fourth-order valence-electron chi connectivity index (χ4n) is 4.03. The van der Waals surface area contributed by atoms with Gasteiger partial charge < -0.3 is 19.9 Å². The second-order valence-corrected chi connectivity index (χ2v) is 7.94. The summed E-state index contributed by atoms with van der Waals surface area (Å²) in [5, 5.41) is 14.1. The predicted octanol–water partition coefficient (Wildman–Crippen LogP) is -0.987. The molecule has 1 aromatic carbocycles. The zero-order chi connectivity index (χ0) is 22.8. The first kappa shape index (κ1) is 22.0. The van der Waals surface area contributed by atoms with Gasteiger partial charge in [0.1, 0.15) is 24.2 Å². The summed E-state index contributed by atoms with van der Waals surface area (Å²) < 4.78 is 12.9. The Morgan fingerprint density at radius 2 is 1.81 bits per heavy atom. The number of hydrogen-bond donors (Lipinski definition) is 2. The van der Waals surface area contributed by atoms with E-state index in [1.807, 2.05) is 0 Å². The maximum atomic E-state index is 13.0. The van der Waals surface area contributed by atoms with Crippen molar-refractivity contribution in [2.24, 2.45) is 4.99 Å². The summed E-state index contributed by atoms with van der Waals surface area (Å²) >= 11 is 0. The molecule has 2 saturated heterocycles. The van der Waals surface area contributed by atoms with Crippen molar-refractivity contribution in [2.75, 3.05) is 60.5 Å². The third-order valence-electron chi connectivity index (χ3n) is 5.82. The summed E-state index contributed by atoms with van der Waals surface area (Å²) in [7, 11) is 4.66. The number of β-amino-alcohol motifs (C(OH)–C–C–N with tert-alkyl or cyclic N) is 1. The second kappa shape index (κ2) is 9.13. The van der Waals surface area contributed by atoms with E-state index in [9.17, 15) is 14.7 Å². The highest BCUT2D eigenvalue weighted by molar-refractivity contribution is 6.25. The number of methoxy groups -OCH3 is 1. The number of hydrogen-bond acceptors (Lipinski definition) is 6. The number of carbonyl (C=O) groups is 2. The molecule has 0 aliphatic carbocycles. The molecule has 172 valence electrons. The molecule has 3 heterocycles. The molecule has 32 heavy (non-hydrogen) atoms. The second-order valence-electron chi connectivity index (χ2n) is 7.94. The lowest BCUT2D eigenvalue weighted by molar-refractivity contribution is -0.537. The van der Waals surface area contributed by atoms with Gasteiger partial charge in [-0.25, -0.2) is 9.69 Å². The Morgan fingerprint density at radius 3 is 2.47 bits per heavy atom. The number of piperazine rings is 1. The molecule has 0 radical (unpaired) electrons. The van der Waals surface area contributed by atoms with E-state index in [4.69, 9.17) is 9.47 Å². The highest BCUT2D eigenvalue weighted by Crippen LogP contribution is 2.24. The number of fused-ring (bicyclic) bond motifs is 1. The average Bonchev–Trinajstić information content (AvgIpc) is 3.20. The molecule has 0 aromatic heterocycles. The summed E-state index contributed by atoms with van der Waals surface area (Å²) in [4.78, 5) is 34.4. The van der Waals surface area contributed by atoms with Gasteiger partial charge in [0, 0.05) is 27.2 Å². The van der Waals surface area contributed by atoms with Crippen LogP contribution in [-0.4, -0.2) is 121 Å². The van der Waals surface area contributed by atoms with E-state index in [-0.39, 0.29) is 19.1 Å². The van der Waals surface area contributed by atoms with Gasteiger partial charge in [-0.05, 0) is 24.3 Å². The van der Waals surface area contributed by atoms with Gasteiger partial charge in [-0.3, -0.25) is 19.2 Å². The van der Waals surface area contributed by atoms with Gasteiger partial charge in [-0.1, -0.05) is 4.99 Å². The summed E-state index contributed by atoms with van der Waals surface area (Å²) in [5.41, 5.74) is 0. The first-order valence-corrected chi connectivity index (χ1v) is 10.6. The van der Waals surface area contributed by atoms with Gasteiger partial charge in [0.05, 0.1) is 26.7 Å². The lowest BCUT2D eigenvalue weighted by Crippen LogP contribution is -2.63. The van der Waals surface area contributed by atoms with Gasteiger partial charge in [0.15, 0.2) is 0 Å². The number of aliphatic hydroxyl groups is 1. The number of likely N-dealkylation sites (N-methyl/N-ethyl adjacent to an activating group) is 2. The SMILES string of the molecule is COc1ccc(OCC(O)CN2C(=[N+]3CCNCC3)N=C3C2C(=O)N(C)C(=O)N3C)cc1. The first-order valence-electron chi connectivity index (χ1n) is 10.6. The lowest BCUT2D eigenvalue weighted by Gasteiger charge is -2.33. The quantitative estimate of drug-likeness (QED) is 0.541. The van der Waals surface area contributed by atoms with Gasteiger partial charge in [-0.15, -0.1) is 0 Å². The number of carbonyl (C=O) groups excluding carboxylic acids is 2. The predicted molar refractivity (Wildman–Crippen MR) is 116 cm³/mol. The van der Waals surface area contributed by atoms with Crippen LogP contribution in [0.5, 0.6) is 11.5 Å². The third kappa shape index (κ3) is 4.13. The maximum absolute atomic E-state index is 13.0. The fourth-order valence-corrected chi connectivity index (χ4v) is 4.03. The van der Waals surface area contributed by atoms with Crippen molar-refractivity contribution in [2.45, 2.75) is 12.1 Å². The normalized spacial score (nSPS) is 22.2. The molecular weight excluding hydrogens is 416 g/mol. The van der Waals surface area contributed by atoms with Crippen LogP contribution in [0.4, 0.5) is 4.79 Å². The highest BCUT2D eigenvalue weighted by atomic mass is 16.5. The van der Waals surface area contributed by atoms with Crippen LogP contribution in [0, 0.1) is 0 Å². The number of imide groups is 1. The van der Waals surface area contributed by atoms with E-state index in [2.05, 4.69) is 14.9 Å². The molecule has 2 atom stereocenters. The highest BCUT2D eigenvalue weighted by Gasteiger charge is 2.55. The van der Waals surface area contributed by atoms with Crippen molar-refractivity contribution < 1.29 is 28.7 Å². The molecule has 2 N–H and O–H groups in total. The number of aliphatic hydroxyl groups excluding tert-OH is 1. The summed E-state index contributed by atoms with van der Waals surface area (Å²) in [6, 6.07) is 5.91. The number of nitrogens with zero attached hydrogens (tertiary/aromatic N) is 5. The average molecular weight is 446 g/mol.